The van der Waals surface area contributed by atoms with Gasteiger partial charge in [0.2, 0.25) is 15.9 Å². The summed E-state index contributed by atoms with van der Waals surface area (Å²) in [5.41, 5.74) is 2.04. The highest BCUT2D eigenvalue weighted by molar-refractivity contribution is 7.92. The Hall–Kier alpha value is -3.23. The van der Waals surface area contributed by atoms with Crippen molar-refractivity contribution >= 4 is 48.9 Å². The van der Waals surface area contributed by atoms with Gasteiger partial charge in [-0.3, -0.25) is 9.52 Å². The highest BCUT2D eigenvalue weighted by Crippen LogP contribution is 2.33. The lowest BCUT2D eigenvalue weighted by Crippen LogP contribution is -2.39. The van der Waals surface area contributed by atoms with Gasteiger partial charge in [0.15, 0.2) is 0 Å². The first-order valence-corrected chi connectivity index (χ1v) is 13.6. The van der Waals surface area contributed by atoms with E-state index in [0.717, 1.165) is 20.8 Å². The molecule has 1 aromatic heterocycles. The third kappa shape index (κ3) is 5.46. The average Bonchev–Trinajstić information content (AvgIpc) is 3.22. The van der Waals surface area contributed by atoms with Crippen molar-refractivity contribution in [2.24, 2.45) is 0 Å². The minimum Gasteiger partial charge on any atom is -0.325 e. The lowest BCUT2D eigenvalue weighted by molar-refractivity contribution is -0.121. The zero-order valence-corrected chi connectivity index (χ0v) is 20.7. The molecule has 4 rings (SSSR count). The molecule has 2 N–H and O–H groups in total. The number of hydrogen-bond donors (Lipinski definition) is 2. The Morgan fingerprint density at radius 1 is 0.941 bits per heavy atom. The van der Waals surface area contributed by atoms with E-state index in [4.69, 9.17) is 4.98 Å². The molecule has 0 aliphatic rings. The summed E-state index contributed by atoms with van der Waals surface area (Å²) in [5.74, 6) is -0.0931. The first kappa shape index (κ1) is 23.9. The first-order chi connectivity index (χ1) is 16.3. The maximum atomic E-state index is 13.6. The van der Waals surface area contributed by atoms with Gasteiger partial charge in [0, 0.05) is 17.8 Å². The van der Waals surface area contributed by atoms with Gasteiger partial charge in [-0.25, -0.2) is 13.4 Å². The first-order valence-electron chi connectivity index (χ1n) is 11.1. The number of nitrogens with one attached hydrogen (secondary N) is 2. The maximum Gasteiger partial charge on any atom is 0.235 e. The number of carbonyl (C=O) groups excluding carboxylic acids is 1. The monoisotopic (exact) mass is 493 g/mol. The van der Waals surface area contributed by atoms with E-state index in [9.17, 15) is 13.2 Å². The minimum absolute atomic E-state index is 0.0622. The van der Waals surface area contributed by atoms with Crippen LogP contribution in [0.5, 0.6) is 0 Å². The summed E-state index contributed by atoms with van der Waals surface area (Å²) in [6, 6.07) is 24.3. The Morgan fingerprint density at radius 2 is 1.59 bits per heavy atom. The Labute approximate surface area is 204 Å². The van der Waals surface area contributed by atoms with Gasteiger partial charge in [-0.15, -0.1) is 11.3 Å². The molecule has 1 heterocycles. The normalized spacial score (nSPS) is 13.4. The van der Waals surface area contributed by atoms with E-state index in [1.54, 1.807) is 35.6 Å². The number of fused-ring (bicyclic) bond motifs is 1. The molecule has 0 bridgehead atoms. The van der Waals surface area contributed by atoms with Crippen molar-refractivity contribution in [2.45, 2.75) is 32.1 Å². The number of nitrogens with zero attached hydrogens (tertiary/aromatic N) is 1. The topological polar surface area (TPSA) is 88.2 Å². The van der Waals surface area contributed by atoms with Crippen LogP contribution in [0.2, 0.25) is 0 Å². The van der Waals surface area contributed by atoms with Crippen molar-refractivity contribution in [1.29, 1.82) is 0 Å². The number of aromatic nitrogens is 1. The summed E-state index contributed by atoms with van der Waals surface area (Å²) in [6.45, 7) is 3.74. The molecule has 3 aromatic carbocycles. The largest absolute Gasteiger partial charge is 0.325 e. The van der Waals surface area contributed by atoms with Crippen molar-refractivity contribution in [3.8, 4) is 0 Å². The van der Waals surface area contributed by atoms with E-state index in [-0.39, 0.29) is 11.7 Å². The molecule has 0 saturated carbocycles. The van der Waals surface area contributed by atoms with Crippen LogP contribution in [0.1, 0.15) is 30.8 Å². The highest BCUT2D eigenvalue weighted by atomic mass is 32.2. The van der Waals surface area contributed by atoms with E-state index in [0.29, 0.717) is 24.2 Å². The molecule has 6 nitrogen and oxygen atoms in total. The summed E-state index contributed by atoms with van der Waals surface area (Å²) in [7, 11) is -3.37. The predicted octanol–water partition coefficient (Wildman–Crippen LogP) is 5.59. The predicted molar refractivity (Wildman–Crippen MR) is 140 cm³/mol. The van der Waals surface area contributed by atoms with E-state index >= 15 is 0 Å². The standard InChI is InChI=1S/C26H27N3O3S2/c1-3-17-34(31,32)29-21-15-13-20(14-16-21)27-25(30)26(2,19-9-5-4-6-10-19)18-24-28-22-11-7-8-12-23(22)33-24/h4-16,29H,3,17-18H2,1-2H3,(H,27,30). The Bertz CT molecular complexity index is 1350. The molecule has 0 aliphatic heterocycles. The summed E-state index contributed by atoms with van der Waals surface area (Å²) >= 11 is 1.60. The van der Waals surface area contributed by atoms with Gasteiger partial charge in [0.1, 0.15) is 0 Å². The fraction of sp³-hybridized carbons (Fsp3) is 0.231. The second kappa shape index (κ2) is 9.95. The van der Waals surface area contributed by atoms with Crippen molar-refractivity contribution in [3.63, 3.8) is 0 Å². The average molecular weight is 494 g/mol. The number of sulfonamides is 1. The summed E-state index contributed by atoms with van der Waals surface area (Å²) in [5, 5.41) is 3.90. The summed E-state index contributed by atoms with van der Waals surface area (Å²) in [6.07, 6.45) is 0.993. The van der Waals surface area contributed by atoms with E-state index in [2.05, 4.69) is 10.0 Å². The van der Waals surface area contributed by atoms with Crippen LogP contribution in [0.15, 0.2) is 78.9 Å². The molecular formula is C26H27N3O3S2. The second-order valence-electron chi connectivity index (χ2n) is 8.40. The zero-order chi connectivity index (χ0) is 24.2. The SMILES string of the molecule is CCCS(=O)(=O)Nc1ccc(NC(=O)C(C)(Cc2nc3ccccc3s2)c2ccccc2)cc1. The molecule has 1 amide bonds. The van der Waals surface area contributed by atoms with Crippen LogP contribution in [0.25, 0.3) is 10.2 Å². The molecule has 0 spiro atoms. The van der Waals surface area contributed by atoms with Gasteiger partial charge in [0.25, 0.3) is 0 Å². The minimum atomic E-state index is -3.37. The lowest BCUT2D eigenvalue weighted by atomic mass is 9.78. The van der Waals surface area contributed by atoms with Gasteiger partial charge in [-0.1, -0.05) is 49.4 Å². The molecule has 176 valence electrons. The number of anilines is 2. The van der Waals surface area contributed by atoms with Crippen molar-refractivity contribution in [3.05, 3.63) is 89.4 Å². The number of thiazole rings is 1. The van der Waals surface area contributed by atoms with Gasteiger partial charge in [-0.2, -0.15) is 0 Å². The number of para-hydroxylation sites is 1. The Morgan fingerprint density at radius 3 is 2.26 bits per heavy atom. The van der Waals surface area contributed by atoms with Crippen molar-refractivity contribution in [2.75, 3.05) is 15.8 Å². The molecule has 1 atom stereocenters. The molecule has 0 radical (unpaired) electrons. The van der Waals surface area contributed by atoms with Crippen molar-refractivity contribution in [1.82, 2.24) is 4.98 Å². The third-order valence-electron chi connectivity index (χ3n) is 5.64. The smallest absolute Gasteiger partial charge is 0.235 e. The van der Waals surface area contributed by atoms with E-state index in [1.165, 1.54) is 0 Å². The molecule has 0 aliphatic carbocycles. The Balaban J connectivity index is 1.57. The summed E-state index contributed by atoms with van der Waals surface area (Å²) < 4.78 is 27.7. The fourth-order valence-corrected chi connectivity index (χ4v) is 6.07. The quantitative estimate of drug-likeness (QED) is 0.318. The molecule has 34 heavy (non-hydrogen) atoms. The molecule has 4 aromatic rings. The zero-order valence-electron chi connectivity index (χ0n) is 19.1. The number of carbonyl (C=O) groups is 1. The number of hydrogen-bond acceptors (Lipinski definition) is 5. The Kier molecular flexibility index (Phi) is 7.00. The van der Waals surface area contributed by atoms with Crippen LogP contribution in [0.4, 0.5) is 11.4 Å². The van der Waals surface area contributed by atoms with Crippen LogP contribution in [0, 0.1) is 0 Å². The van der Waals surface area contributed by atoms with Gasteiger partial charge in [-0.05, 0) is 55.3 Å². The maximum absolute atomic E-state index is 13.6. The molecule has 0 fully saturated rings. The van der Waals surface area contributed by atoms with Gasteiger partial charge >= 0.3 is 0 Å². The van der Waals surface area contributed by atoms with Crippen molar-refractivity contribution < 1.29 is 13.2 Å². The highest BCUT2D eigenvalue weighted by Gasteiger charge is 2.36. The van der Waals surface area contributed by atoms with Crippen LogP contribution in [-0.4, -0.2) is 25.1 Å². The van der Waals surface area contributed by atoms with Crippen LogP contribution in [0.3, 0.4) is 0 Å². The van der Waals surface area contributed by atoms with Crippen LogP contribution in [-0.2, 0) is 26.7 Å². The molecule has 1 unspecified atom stereocenters. The van der Waals surface area contributed by atoms with Gasteiger partial charge in [0.05, 0.1) is 26.4 Å². The molecule has 0 saturated heterocycles. The number of rotatable bonds is 9. The third-order valence-corrected chi connectivity index (χ3v) is 8.17. The fourth-order valence-electron chi connectivity index (χ4n) is 3.81. The van der Waals surface area contributed by atoms with E-state index < -0.39 is 15.4 Å². The molecular weight excluding hydrogens is 466 g/mol. The van der Waals surface area contributed by atoms with E-state index in [1.807, 2.05) is 68.4 Å². The van der Waals surface area contributed by atoms with Crippen LogP contribution < -0.4 is 10.0 Å². The van der Waals surface area contributed by atoms with Crippen LogP contribution >= 0.6 is 11.3 Å². The number of amides is 1. The summed E-state index contributed by atoms with van der Waals surface area (Å²) in [4.78, 5) is 18.4. The molecule has 8 heteroatoms. The lowest BCUT2D eigenvalue weighted by Gasteiger charge is -2.28. The second-order valence-corrected chi connectivity index (χ2v) is 11.4. The number of benzene rings is 3. The van der Waals surface area contributed by atoms with Gasteiger partial charge < -0.3 is 5.32 Å².